The van der Waals surface area contributed by atoms with Gasteiger partial charge in [0.25, 0.3) is 23.2 Å². The number of hydrogen-bond donors (Lipinski definition) is 0. The highest BCUT2D eigenvalue weighted by Crippen LogP contribution is 2.40. The maximum atomic E-state index is 13.6. The molecular formula is C33H30F6N4O20S2. The monoisotopic (exact) mass is 980 g/mol. The summed E-state index contributed by atoms with van der Waals surface area (Å²) in [5, 5.41) is 24.2. The Hall–Kier alpha value is -7.12. The minimum atomic E-state index is -6.27. The zero-order valence-corrected chi connectivity index (χ0v) is 34.8. The van der Waals surface area contributed by atoms with Crippen LogP contribution in [0, 0.1) is 20.2 Å². The maximum absolute atomic E-state index is 13.6. The van der Waals surface area contributed by atoms with Crippen LogP contribution in [0.1, 0.15) is 40.0 Å². The van der Waals surface area contributed by atoms with Gasteiger partial charge >= 0.3 is 43.2 Å². The van der Waals surface area contributed by atoms with E-state index in [2.05, 4.69) is 17.8 Å². The number of nitro benzene ring substituents is 2. The largest absolute Gasteiger partial charge is 0.534 e. The summed E-state index contributed by atoms with van der Waals surface area (Å²) < 4.78 is 163. The van der Waals surface area contributed by atoms with Gasteiger partial charge in [0, 0.05) is 43.8 Å². The molecule has 2 unspecified atom stereocenters. The molecule has 0 saturated heterocycles. The van der Waals surface area contributed by atoms with Gasteiger partial charge in [0.2, 0.25) is 0 Å². The van der Waals surface area contributed by atoms with Gasteiger partial charge in [-0.2, -0.15) is 43.2 Å². The van der Waals surface area contributed by atoms with Gasteiger partial charge in [0.15, 0.2) is 23.0 Å². The minimum absolute atomic E-state index is 0.138. The van der Waals surface area contributed by atoms with E-state index in [0.717, 1.165) is 40.6 Å². The number of nitro groups is 2. The van der Waals surface area contributed by atoms with E-state index in [1.54, 1.807) is 0 Å². The molecule has 0 bridgehead atoms. The molecule has 2 aliphatic heterocycles. The first-order valence-electron chi connectivity index (χ1n) is 17.3. The second kappa shape index (κ2) is 19.3. The maximum Gasteiger partial charge on any atom is 0.534 e. The molecule has 2 aliphatic rings. The van der Waals surface area contributed by atoms with E-state index in [0.29, 0.717) is 34.3 Å². The van der Waals surface area contributed by atoms with Gasteiger partial charge in [-0.25, -0.2) is 9.59 Å². The summed E-state index contributed by atoms with van der Waals surface area (Å²) in [6.45, 7) is -0.750. The molecular weight excluding hydrogens is 950 g/mol. The summed E-state index contributed by atoms with van der Waals surface area (Å²) in [7, 11) is -8.78. The summed E-state index contributed by atoms with van der Waals surface area (Å²) in [5.74, 6) is -8.90. The molecule has 0 spiro atoms. The molecule has 0 fully saturated rings. The number of nitrogens with zero attached hydrogens (tertiary/aromatic N) is 4. The summed E-state index contributed by atoms with van der Waals surface area (Å²) in [5.41, 5.74) is -15.5. The van der Waals surface area contributed by atoms with Gasteiger partial charge in [-0.1, -0.05) is 0 Å². The van der Waals surface area contributed by atoms with E-state index in [1.165, 1.54) is 0 Å². The van der Waals surface area contributed by atoms with E-state index in [4.69, 9.17) is 18.9 Å². The Labute approximate surface area is 360 Å². The molecule has 65 heavy (non-hydrogen) atoms. The van der Waals surface area contributed by atoms with Crippen molar-refractivity contribution in [2.45, 2.75) is 42.4 Å². The van der Waals surface area contributed by atoms with E-state index in [-0.39, 0.29) is 42.6 Å². The van der Waals surface area contributed by atoms with Gasteiger partial charge in [-0.15, -0.1) is 0 Å². The van der Waals surface area contributed by atoms with Crippen LogP contribution in [0.3, 0.4) is 0 Å². The van der Waals surface area contributed by atoms with E-state index < -0.39 is 124 Å². The van der Waals surface area contributed by atoms with Gasteiger partial charge in [0.05, 0.1) is 63.6 Å². The average Bonchev–Trinajstić information content (AvgIpc) is 3.84. The number of halogens is 6. The minimum Gasteiger partial charge on any atom is -0.493 e. The van der Waals surface area contributed by atoms with Crippen molar-refractivity contribution in [3.05, 3.63) is 79.5 Å². The quantitative estimate of drug-likeness (QED) is 0.0392. The topological polar surface area (TPSA) is 303 Å². The molecule has 0 saturated carbocycles. The zero-order valence-electron chi connectivity index (χ0n) is 33.2. The Morgan fingerprint density at radius 2 is 0.969 bits per heavy atom. The number of benzene rings is 2. The first-order valence-corrected chi connectivity index (χ1v) is 20.2. The number of hydrogen-bond acceptors (Lipinski definition) is 20. The molecule has 0 aliphatic carbocycles. The Morgan fingerprint density at radius 1 is 0.631 bits per heavy atom. The van der Waals surface area contributed by atoms with Gasteiger partial charge in [-0.3, -0.25) is 39.6 Å². The number of carbonyl (C=O) groups is 4. The molecule has 24 nitrogen and oxygen atoms in total. The van der Waals surface area contributed by atoms with Crippen molar-refractivity contribution in [1.82, 2.24) is 9.80 Å². The normalized spacial score (nSPS) is 16.5. The van der Waals surface area contributed by atoms with Crippen LogP contribution in [0.2, 0.25) is 0 Å². The van der Waals surface area contributed by atoms with Crippen molar-refractivity contribution in [2.24, 2.45) is 0 Å². The summed E-state index contributed by atoms with van der Waals surface area (Å²) in [4.78, 5) is 74.8. The second-order valence-corrected chi connectivity index (χ2v) is 15.7. The Kier molecular flexibility index (Phi) is 15.0. The van der Waals surface area contributed by atoms with Crippen LogP contribution in [0.4, 0.5) is 37.7 Å². The fraction of sp³-hybridized carbons (Fsp3) is 0.394. The zero-order chi connectivity index (χ0) is 49.0. The number of rotatable bonds is 18. The molecule has 32 heteroatoms. The van der Waals surface area contributed by atoms with Crippen LogP contribution in [-0.4, -0.2) is 125 Å². The molecule has 4 rings (SSSR count). The molecule has 2 amide bonds. The molecule has 0 aromatic heterocycles. The molecule has 2 heterocycles. The van der Waals surface area contributed by atoms with E-state index in [1.807, 2.05) is 0 Å². The van der Waals surface area contributed by atoms with Gasteiger partial charge in [0.1, 0.15) is 34.7 Å². The molecule has 2 aromatic carbocycles. The van der Waals surface area contributed by atoms with Crippen LogP contribution in [0.5, 0.6) is 23.0 Å². The molecule has 0 radical (unpaired) electrons. The molecule has 356 valence electrons. The van der Waals surface area contributed by atoms with Crippen molar-refractivity contribution in [1.29, 1.82) is 0 Å². The Bertz CT molecular complexity index is 2390. The van der Waals surface area contributed by atoms with Gasteiger partial charge < -0.3 is 36.8 Å². The highest BCUT2D eigenvalue weighted by Gasteiger charge is 2.52. The summed E-state index contributed by atoms with van der Waals surface area (Å²) >= 11 is 0. The van der Waals surface area contributed by atoms with Crippen molar-refractivity contribution < 1.29 is 109 Å². The van der Waals surface area contributed by atoms with Gasteiger partial charge in [-0.05, 0) is 0 Å². The van der Waals surface area contributed by atoms with Crippen LogP contribution in [-0.2, 0) is 47.7 Å². The number of amides is 2. The summed E-state index contributed by atoms with van der Waals surface area (Å²) in [6, 6.07) is -0.712. The van der Waals surface area contributed by atoms with E-state index in [9.17, 15) is 82.6 Å². The number of carbonyl (C=O) groups excluding carboxylic acids is 4. The number of alkyl halides is 6. The third-order valence-corrected chi connectivity index (χ3v) is 10.7. The van der Waals surface area contributed by atoms with Crippen molar-refractivity contribution in [3.8, 4) is 23.0 Å². The van der Waals surface area contributed by atoms with Crippen LogP contribution in [0.25, 0.3) is 0 Å². The lowest BCUT2D eigenvalue weighted by atomic mass is 10.1. The third-order valence-electron chi connectivity index (χ3n) is 8.66. The fourth-order valence-electron chi connectivity index (χ4n) is 5.72. The van der Waals surface area contributed by atoms with Crippen molar-refractivity contribution >= 4 is 55.4 Å². The number of esters is 2. The predicted molar refractivity (Wildman–Crippen MR) is 196 cm³/mol. The number of methoxy groups -OCH3 is 4. The highest BCUT2D eigenvalue weighted by atomic mass is 32.2. The summed E-state index contributed by atoms with van der Waals surface area (Å²) in [6.07, 6.45) is -1.19. The van der Waals surface area contributed by atoms with Crippen LogP contribution >= 0.6 is 0 Å². The SMILES string of the molecule is COC(=O)C1CC(OS(=O)(=O)C(F)(F)F)=CN1C(=O)c1cc(OC)c(OCCCOc2cc([N+](=O)[O-])c(C(=O)N3C=C(OS(=O)(=O)C(F)(F)F)CC3C(=O)OC)cc2OC)cc1[N+](=O)[O-]. The molecule has 2 atom stereocenters. The lowest BCUT2D eigenvalue weighted by molar-refractivity contribution is -0.385. The average molecular weight is 981 g/mol. The van der Waals surface area contributed by atoms with Crippen molar-refractivity contribution in [3.63, 3.8) is 0 Å². The fourth-order valence-corrected chi connectivity index (χ4v) is 6.69. The first kappa shape index (κ1) is 50.5. The van der Waals surface area contributed by atoms with Crippen LogP contribution < -0.4 is 18.9 Å². The molecule has 2 aromatic rings. The van der Waals surface area contributed by atoms with Crippen molar-refractivity contribution in [2.75, 3.05) is 41.7 Å². The Morgan fingerprint density at radius 3 is 1.25 bits per heavy atom. The molecule has 0 N–H and O–H groups in total. The van der Waals surface area contributed by atoms with E-state index >= 15 is 0 Å². The second-order valence-electron chi connectivity index (χ2n) is 12.7. The first-order chi connectivity index (χ1) is 30.1. The third kappa shape index (κ3) is 11.0. The lowest BCUT2D eigenvalue weighted by Crippen LogP contribution is -2.39. The lowest BCUT2D eigenvalue weighted by Gasteiger charge is -2.21. The Balaban J connectivity index is 1.54. The number of ether oxygens (including phenoxy) is 6. The van der Waals surface area contributed by atoms with Crippen LogP contribution in [0.15, 0.2) is 48.2 Å². The smallest absolute Gasteiger partial charge is 0.493 e. The standard InChI is InChI=1S/C33H30F6N4O20S2/c1-56-24-10-18(28(44)40-14-16(8-22(40)30(46)58-3)62-64(52,53)32(34,35)36)20(42(48)49)12-26(24)60-6-5-7-61-27-13-21(43(50)51)19(11-25(27)57-2)29(45)41-15-17(9-23(41)31(47)59-4)63-65(54,55)33(37,38)39/h10-15,22-23H,5-9H2,1-4H3. The predicted octanol–water partition coefficient (Wildman–Crippen LogP) is 3.56. The highest BCUT2D eigenvalue weighted by molar-refractivity contribution is 7.88.